The minimum atomic E-state index is 0.256. The van der Waals surface area contributed by atoms with E-state index in [0.29, 0.717) is 0 Å². The van der Waals surface area contributed by atoms with Gasteiger partial charge in [-0.05, 0) is 24.1 Å². The number of hydrogen-bond acceptors (Lipinski definition) is 1. The molecule has 0 radical (unpaired) electrons. The average molecular weight is 160 g/mol. The molecule has 1 heteroatoms. The maximum Gasteiger partial charge on any atom is 0.127 e. The number of rotatable bonds is 1. The Labute approximate surface area is 72.7 Å². The Morgan fingerprint density at radius 2 is 2.17 bits per heavy atom. The molecule has 0 fully saturated rings. The zero-order chi connectivity index (χ0) is 8.39. The Bertz CT molecular complexity index is 294. The Hall–Kier alpha value is -1.24. The van der Waals surface area contributed by atoms with Crippen LogP contribution >= 0.6 is 0 Å². The summed E-state index contributed by atoms with van der Waals surface area (Å²) in [5, 5.41) is 0. The van der Waals surface area contributed by atoms with Gasteiger partial charge in [0.1, 0.15) is 6.10 Å². The normalized spacial score (nSPS) is 20.9. The van der Waals surface area contributed by atoms with Crippen LogP contribution in [0.15, 0.2) is 36.6 Å². The van der Waals surface area contributed by atoms with E-state index in [2.05, 4.69) is 37.3 Å². The fraction of sp³-hybridized carbons (Fsp3) is 0.273. The monoisotopic (exact) mass is 160 g/mol. The molecule has 0 spiro atoms. The molecule has 0 N–H and O–H groups in total. The first-order valence-corrected chi connectivity index (χ1v) is 4.24. The van der Waals surface area contributed by atoms with Crippen molar-refractivity contribution in [3.8, 4) is 0 Å². The van der Waals surface area contributed by atoms with Crippen molar-refractivity contribution in [3.63, 3.8) is 0 Å². The lowest BCUT2D eigenvalue weighted by atomic mass is 10.0. The van der Waals surface area contributed by atoms with Crippen LogP contribution < -0.4 is 0 Å². The topological polar surface area (TPSA) is 9.23 Å². The lowest BCUT2D eigenvalue weighted by molar-refractivity contribution is 0.172. The number of ether oxygens (including phenoxy) is 1. The average Bonchev–Trinajstić information content (AvgIpc) is 2.57. The zero-order valence-corrected chi connectivity index (χ0v) is 7.16. The molecule has 1 aromatic carbocycles. The molecule has 0 unspecified atom stereocenters. The Balaban J connectivity index is 2.27. The molecule has 0 bridgehead atoms. The van der Waals surface area contributed by atoms with Crippen molar-refractivity contribution >= 4 is 0 Å². The highest BCUT2D eigenvalue weighted by Gasteiger charge is 2.14. The fourth-order valence-corrected chi connectivity index (χ4v) is 1.53. The molecule has 1 nitrogen and oxygen atoms in total. The van der Waals surface area contributed by atoms with E-state index >= 15 is 0 Å². The lowest BCUT2D eigenvalue weighted by Gasteiger charge is -2.12. The third kappa shape index (κ3) is 1.22. The first-order valence-electron chi connectivity index (χ1n) is 4.24. The summed E-state index contributed by atoms with van der Waals surface area (Å²) < 4.78 is 5.44. The lowest BCUT2D eigenvalue weighted by Crippen LogP contribution is -1.97. The molecular weight excluding hydrogens is 148 g/mol. The van der Waals surface area contributed by atoms with Gasteiger partial charge < -0.3 is 4.74 Å². The smallest absolute Gasteiger partial charge is 0.127 e. The number of aryl methyl sites for hydroxylation is 1. The second kappa shape index (κ2) is 3.02. The van der Waals surface area contributed by atoms with Crippen molar-refractivity contribution in [2.75, 3.05) is 0 Å². The van der Waals surface area contributed by atoms with Crippen molar-refractivity contribution in [2.24, 2.45) is 0 Å². The van der Waals surface area contributed by atoms with E-state index in [-0.39, 0.29) is 6.10 Å². The summed E-state index contributed by atoms with van der Waals surface area (Å²) >= 11 is 0. The highest BCUT2D eigenvalue weighted by atomic mass is 16.5. The summed E-state index contributed by atoms with van der Waals surface area (Å²) in [7, 11) is 0. The molecule has 1 aromatic rings. The molecule has 1 aliphatic rings. The Kier molecular flexibility index (Phi) is 1.86. The molecule has 0 saturated heterocycles. The van der Waals surface area contributed by atoms with Gasteiger partial charge in [0.2, 0.25) is 0 Å². The molecule has 2 rings (SSSR count). The van der Waals surface area contributed by atoms with Gasteiger partial charge in [-0.3, -0.25) is 0 Å². The van der Waals surface area contributed by atoms with Gasteiger partial charge in [-0.1, -0.05) is 24.3 Å². The predicted molar refractivity (Wildman–Crippen MR) is 48.8 cm³/mol. The zero-order valence-electron chi connectivity index (χ0n) is 7.16. The third-order valence-corrected chi connectivity index (χ3v) is 2.22. The minimum absolute atomic E-state index is 0.256. The quantitative estimate of drug-likeness (QED) is 0.613. The van der Waals surface area contributed by atoms with E-state index < -0.39 is 0 Å². The standard InChI is InChI=1S/C11H12O/c1-9-5-2-3-6-10(9)11-7-4-8-12-11/h2-6,8,11H,7H2,1H3/t11-/m0/s1. The Morgan fingerprint density at radius 3 is 2.83 bits per heavy atom. The largest absolute Gasteiger partial charge is 0.493 e. The Morgan fingerprint density at radius 1 is 1.33 bits per heavy atom. The number of hydrogen-bond donors (Lipinski definition) is 0. The molecule has 12 heavy (non-hydrogen) atoms. The van der Waals surface area contributed by atoms with E-state index in [9.17, 15) is 0 Å². The number of benzene rings is 1. The van der Waals surface area contributed by atoms with E-state index in [1.807, 2.05) is 0 Å². The molecule has 0 amide bonds. The summed E-state index contributed by atoms with van der Waals surface area (Å²) in [5.74, 6) is 0. The van der Waals surface area contributed by atoms with Gasteiger partial charge in [0.05, 0.1) is 6.26 Å². The van der Waals surface area contributed by atoms with Gasteiger partial charge in [0.25, 0.3) is 0 Å². The molecule has 1 heterocycles. The molecular formula is C11H12O. The summed E-state index contributed by atoms with van der Waals surface area (Å²) in [4.78, 5) is 0. The first kappa shape index (κ1) is 7.41. The fourth-order valence-electron chi connectivity index (χ4n) is 1.53. The van der Waals surface area contributed by atoms with E-state index in [1.54, 1.807) is 6.26 Å². The SMILES string of the molecule is Cc1ccccc1[C@@H]1CC=CO1. The van der Waals surface area contributed by atoms with Crippen molar-refractivity contribution in [3.05, 3.63) is 47.7 Å². The van der Waals surface area contributed by atoms with Crippen LogP contribution in [0.1, 0.15) is 23.7 Å². The maximum atomic E-state index is 5.44. The molecule has 0 aliphatic carbocycles. The van der Waals surface area contributed by atoms with E-state index in [4.69, 9.17) is 4.74 Å². The van der Waals surface area contributed by atoms with Crippen molar-refractivity contribution in [1.29, 1.82) is 0 Å². The van der Waals surface area contributed by atoms with Gasteiger partial charge in [-0.25, -0.2) is 0 Å². The van der Waals surface area contributed by atoms with Crippen molar-refractivity contribution in [1.82, 2.24) is 0 Å². The van der Waals surface area contributed by atoms with Crippen LogP contribution in [0.25, 0.3) is 0 Å². The minimum Gasteiger partial charge on any atom is -0.493 e. The van der Waals surface area contributed by atoms with Crippen LogP contribution in [0, 0.1) is 6.92 Å². The van der Waals surface area contributed by atoms with Gasteiger partial charge in [0.15, 0.2) is 0 Å². The molecule has 1 aliphatic heterocycles. The summed E-state index contributed by atoms with van der Waals surface area (Å²) in [5.41, 5.74) is 2.62. The van der Waals surface area contributed by atoms with Crippen LogP contribution in [0.5, 0.6) is 0 Å². The summed E-state index contributed by atoms with van der Waals surface area (Å²) in [6, 6.07) is 8.37. The van der Waals surface area contributed by atoms with Crippen molar-refractivity contribution in [2.45, 2.75) is 19.4 Å². The van der Waals surface area contributed by atoms with Crippen LogP contribution in [0.2, 0.25) is 0 Å². The predicted octanol–water partition coefficient (Wildman–Crippen LogP) is 2.97. The molecule has 0 saturated carbocycles. The molecule has 1 atom stereocenters. The van der Waals surface area contributed by atoms with Crippen LogP contribution in [0.4, 0.5) is 0 Å². The highest BCUT2D eigenvalue weighted by molar-refractivity contribution is 5.28. The van der Waals surface area contributed by atoms with Crippen LogP contribution in [0.3, 0.4) is 0 Å². The van der Waals surface area contributed by atoms with Gasteiger partial charge >= 0.3 is 0 Å². The van der Waals surface area contributed by atoms with Crippen molar-refractivity contribution < 1.29 is 4.74 Å². The van der Waals surface area contributed by atoms with Crippen LogP contribution in [-0.2, 0) is 4.74 Å². The van der Waals surface area contributed by atoms with Gasteiger partial charge in [-0.15, -0.1) is 0 Å². The summed E-state index contributed by atoms with van der Waals surface area (Å²) in [6.07, 6.45) is 5.12. The van der Waals surface area contributed by atoms with Crippen LogP contribution in [-0.4, -0.2) is 0 Å². The van der Waals surface area contributed by atoms with Gasteiger partial charge in [0, 0.05) is 6.42 Å². The molecule has 62 valence electrons. The second-order valence-corrected chi connectivity index (χ2v) is 3.09. The van der Waals surface area contributed by atoms with E-state index in [0.717, 1.165) is 6.42 Å². The first-order chi connectivity index (χ1) is 5.88. The second-order valence-electron chi connectivity index (χ2n) is 3.09. The third-order valence-electron chi connectivity index (χ3n) is 2.22. The molecule has 0 aromatic heterocycles. The summed E-state index contributed by atoms with van der Waals surface area (Å²) in [6.45, 7) is 2.12. The highest BCUT2D eigenvalue weighted by Crippen LogP contribution is 2.28. The van der Waals surface area contributed by atoms with Gasteiger partial charge in [-0.2, -0.15) is 0 Å². The van der Waals surface area contributed by atoms with E-state index in [1.165, 1.54) is 11.1 Å². The maximum absolute atomic E-state index is 5.44.